The van der Waals surface area contributed by atoms with Crippen molar-refractivity contribution in [1.29, 1.82) is 0 Å². The molecule has 0 atom stereocenters. The van der Waals surface area contributed by atoms with Gasteiger partial charge in [-0.15, -0.1) is 11.8 Å². The van der Waals surface area contributed by atoms with E-state index in [-0.39, 0.29) is 18.4 Å². The molecule has 0 saturated heterocycles. The van der Waals surface area contributed by atoms with Crippen molar-refractivity contribution in [3.8, 4) is 0 Å². The highest BCUT2D eigenvalue weighted by Crippen LogP contribution is 2.36. The van der Waals surface area contributed by atoms with Gasteiger partial charge in [0.15, 0.2) is 0 Å². The number of anilines is 2. The third kappa shape index (κ3) is 4.08. The molecule has 1 aliphatic carbocycles. The van der Waals surface area contributed by atoms with E-state index in [2.05, 4.69) is 26.3 Å². The summed E-state index contributed by atoms with van der Waals surface area (Å²) in [6.07, 6.45) is 3.74. The molecule has 9 heteroatoms. The van der Waals surface area contributed by atoms with Crippen molar-refractivity contribution in [3.63, 3.8) is 0 Å². The summed E-state index contributed by atoms with van der Waals surface area (Å²) < 4.78 is 1.96. The van der Waals surface area contributed by atoms with E-state index in [9.17, 15) is 14.4 Å². The minimum absolute atomic E-state index is 0.0622. The van der Waals surface area contributed by atoms with Gasteiger partial charge in [0.2, 0.25) is 11.8 Å². The molecule has 1 aromatic carbocycles. The lowest BCUT2D eigenvalue weighted by molar-refractivity contribution is -0.117. The second-order valence-corrected chi connectivity index (χ2v) is 8.55. The molecule has 2 heterocycles. The Bertz CT molecular complexity index is 973. The molecule has 0 unspecified atom stereocenters. The van der Waals surface area contributed by atoms with Crippen molar-refractivity contribution in [2.24, 2.45) is 5.92 Å². The first kappa shape index (κ1) is 18.2. The van der Waals surface area contributed by atoms with Crippen molar-refractivity contribution in [2.45, 2.75) is 24.3 Å². The molecule has 140 valence electrons. The Morgan fingerprint density at radius 2 is 2.15 bits per heavy atom. The lowest BCUT2D eigenvalue weighted by Crippen LogP contribution is -2.43. The maximum Gasteiger partial charge on any atom is 0.292 e. The molecule has 4 rings (SSSR count). The van der Waals surface area contributed by atoms with Crippen molar-refractivity contribution in [3.05, 3.63) is 45.3 Å². The zero-order valence-corrected chi connectivity index (χ0v) is 16.8. The number of carbonyl (C=O) groups is 2. The van der Waals surface area contributed by atoms with Gasteiger partial charge >= 0.3 is 0 Å². The zero-order chi connectivity index (χ0) is 19.0. The molecular weight excluding hydrogens is 432 g/mol. The predicted molar refractivity (Wildman–Crippen MR) is 107 cm³/mol. The second kappa shape index (κ2) is 7.47. The normalized spacial score (nSPS) is 16.2. The monoisotopic (exact) mass is 448 g/mol. The van der Waals surface area contributed by atoms with E-state index in [1.807, 2.05) is 12.1 Å². The van der Waals surface area contributed by atoms with Crippen LogP contribution in [0.4, 0.5) is 11.4 Å². The van der Waals surface area contributed by atoms with Crippen LogP contribution in [-0.2, 0) is 16.1 Å². The van der Waals surface area contributed by atoms with Crippen LogP contribution in [0.25, 0.3) is 0 Å². The Morgan fingerprint density at radius 3 is 2.89 bits per heavy atom. The van der Waals surface area contributed by atoms with Crippen LogP contribution in [0.5, 0.6) is 0 Å². The van der Waals surface area contributed by atoms with Crippen LogP contribution >= 0.6 is 27.7 Å². The molecule has 2 aliphatic rings. The van der Waals surface area contributed by atoms with E-state index in [1.165, 1.54) is 11.8 Å². The molecule has 2 amide bonds. The number of carbonyl (C=O) groups excluding carboxylic acids is 2. The predicted octanol–water partition coefficient (Wildman–Crippen LogP) is 2.49. The van der Waals surface area contributed by atoms with Crippen LogP contribution in [-0.4, -0.2) is 33.9 Å². The second-order valence-electron chi connectivity index (χ2n) is 6.62. The average molecular weight is 449 g/mol. The van der Waals surface area contributed by atoms with Gasteiger partial charge in [-0.05, 0) is 37.0 Å². The number of amides is 2. The maximum atomic E-state index is 12.9. The smallest absolute Gasteiger partial charge is 0.292 e. The van der Waals surface area contributed by atoms with Crippen LogP contribution in [0, 0.1) is 5.92 Å². The van der Waals surface area contributed by atoms with Gasteiger partial charge in [0.05, 0.1) is 16.8 Å². The Hall–Kier alpha value is -2.13. The van der Waals surface area contributed by atoms with E-state index in [1.54, 1.807) is 23.2 Å². The van der Waals surface area contributed by atoms with E-state index in [0.717, 1.165) is 22.0 Å². The quantitative estimate of drug-likeness (QED) is 0.759. The lowest BCUT2D eigenvalue weighted by atomic mass is 10.3. The molecule has 1 aliphatic heterocycles. The SMILES string of the molecule is O=C(Cn1ncc2c(c1=O)N(CC1CC1)C(=O)CS2)Nc1cccc(Br)c1. The Morgan fingerprint density at radius 1 is 1.33 bits per heavy atom. The van der Waals surface area contributed by atoms with Crippen LogP contribution in [0.15, 0.2) is 44.6 Å². The number of nitrogens with one attached hydrogen (secondary N) is 1. The lowest BCUT2D eigenvalue weighted by Gasteiger charge is -2.28. The van der Waals surface area contributed by atoms with Crippen LogP contribution in [0.1, 0.15) is 12.8 Å². The highest BCUT2D eigenvalue weighted by Gasteiger charge is 2.34. The van der Waals surface area contributed by atoms with Crippen molar-refractivity contribution in [2.75, 3.05) is 22.5 Å². The molecule has 1 fully saturated rings. The fraction of sp³-hybridized carbons (Fsp3) is 0.333. The number of thioether (sulfide) groups is 1. The number of hydrogen-bond donors (Lipinski definition) is 1. The molecule has 27 heavy (non-hydrogen) atoms. The number of halogens is 1. The Balaban J connectivity index is 1.57. The Kier molecular flexibility index (Phi) is 5.05. The molecule has 1 N–H and O–H groups in total. The molecule has 1 aromatic heterocycles. The zero-order valence-electron chi connectivity index (χ0n) is 14.4. The minimum Gasteiger partial charge on any atom is -0.324 e. The highest BCUT2D eigenvalue weighted by molar-refractivity contribution is 9.10. The van der Waals surface area contributed by atoms with Gasteiger partial charge in [0.25, 0.3) is 5.56 Å². The average Bonchev–Trinajstić information content (AvgIpc) is 3.44. The standard InChI is InChI=1S/C18H17BrN4O3S/c19-12-2-1-3-13(6-12)21-15(24)9-23-18(26)17-14(7-20-23)27-10-16(25)22(17)8-11-4-5-11/h1-3,6-7,11H,4-5,8-10H2,(H,21,24). The Labute approximate surface area is 168 Å². The summed E-state index contributed by atoms with van der Waals surface area (Å²) in [7, 11) is 0. The van der Waals surface area contributed by atoms with E-state index in [4.69, 9.17) is 0 Å². The minimum atomic E-state index is -0.405. The van der Waals surface area contributed by atoms with Crippen LogP contribution < -0.4 is 15.8 Å². The first-order valence-electron chi connectivity index (χ1n) is 8.60. The number of rotatable bonds is 5. The molecule has 2 aromatic rings. The molecule has 7 nitrogen and oxygen atoms in total. The topological polar surface area (TPSA) is 84.3 Å². The van der Waals surface area contributed by atoms with Crippen molar-refractivity contribution in [1.82, 2.24) is 9.78 Å². The van der Waals surface area contributed by atoms with Crippen molar-refractivity contribution < 1.29 is 9.59 Å². The summed E-state index contributed by atoms with van der Waals surface area (Å²) in [5.74, 6) is 0.360. The summed E-state index contributed by atoms with van der Waals surface area (Å²) in [4.78, 5) is 39.9. The van der Waals surface area contributed by atoms with Gasteiger partial charge in [0, 0.05) is 16.7 Å². The summed E-state index contributed by atoms with van der Waals surface area (Å²) in [6.45, 7) is 0.352. The van der Waals surface area contributed by atoms with Crippen molar-refractivity contribution >= 4 is 50.9 Å². The number of nitrogens with zero attached hydrogens (tertiary/aromatic N) is 3. The van der Waals surface area contributed by atoms with Gasteiger partial charge in [0.1, 0.15) is 12.2 Å². The molecule has 0 radical (unpaired) electrons. The van der Waals surface area contributed by atoms with Gasteiger partial charge in [-0.1, -0.05) is 22.0 Å². The van der Waals surface area contributed by atoms with Gasteiger partial charge < -0.3 is 10.2 Å². The molecule has 1 saturated carbocycles. The van der Waals surface area contributed by atoms with Gasteiger partial charge in [-0.25, -0.2) is 4.68 Å². The van der Waals surface area contributed by atoms with E-state index < -0.39 is 5.56 Å². The largest absolute Gasteiger partial charge is 0.324 e. The summed E-state index contributed by atoms with van der Waals surface area (Å²) in [5.41, 5.74) is 0.577. The van der Waals surface area contributed by atoms with E-state index >= 15 is 0 Å². The first-order chi connectivity index (χ1) is 13.0. The fourth-order valence-electron chi connectivity index (χ4n) is 2.93. The number of hydrogen-bond acceptors (Lipinski definition) is 5. The molecular formula is C18H17BrN4O3S. The van der Waals surface area contributed by atoms with Gasteiger partial charge in [-0.2, -0.15) is 5.10 Å². The summed E-state index contributed by atoms with van der Waals surface area (Å²) >= 11 is 4.67. The van der Waals surface area contributed by atoms with Crippen LogP contribution in [0.3, 0.4) is 0 Å². The van der Waals surface area contributed by atoms with Gasteiger partial charge in [-0.3, -0.25) is 14.4 Å². The molecule has 0 spiro atoms. The van der Waals surface area contributed by atoms with Crippen LogP contribution in [0.2, 0.25) is 0 Å². The maximum absolute atomic E-state index is 12.9. The molecule has 0 bridgehead atoms. The number of aromatic nitrogens is 2. The summed E-state index contributed by atoms with van der Waals surface area (Å²) in [5, 5.41) is 6.87. The third-order valence-corrected chi connectivity index (χ3v) is 5.94. The first-order valence-corrected chi connectivity index (χ1v) is 10.4. The summed E-state index contributed by atoms with van der Waals surface area (Å²) in [6, 6.07) is 7.20. The van der Waals surface area contributed by atoms with E-state index in [0.29, 0.717) is 34.5 Å². The highest BCUT2D eigenvalue weighted by atomic mass is 79.9. The third-order valence-electron chi connectivity index (χ3n) is 4.45. The number of benzene rings is 1. The number of fused-ring (bicyclic) bond motifs is 1. The fourth-order valence-corrected chi connectivity index (χ4v) is 4.22.